The predicted octanol–water partition coefficient (Wildman–Crippen LogP) is 5.64. The standard InChI is InChI=1S/C29H35NO6/c1-4-17-36-21-13-11-19(12-14-21)26-25(28(32)29(33)30(26)20-9-7-8-10-20)27(31)23-16-15-22(34-5-2)18-24(23)35-6-3/h11-16,18,20,26,31H,4-10,17H2,1-3H3/b27-25-. The number of hydrogen-bond acceptors (Lipinski definition) is 6. The maximum absolute atomic E-state index is 13.4. The summed E-state index contributed by atoms with van der Waals surface area (Å²) in [6.45, 7) is 7.24. The minimum atomic E-state index is -0.686. The van der Waals surface area contributed by atoms with E-state index in [1.54, 1.807) is 23.1 Å². The molecule has 1 aliphatic carbocycles. The molecule has 0 radical (unpaired) electrons. The van der Waals surface area contributed by atoms with Gasteiger partial charge in [0.1, 0.15) is 23.0 Å². The minimum Gasteiger partial charge on any atom is -0.507 e. The van der Waals surface area contributed by atoms with Gasteiger partial charge in [-0.3, -0.25) is 9.59 Å². The highest BCUT2D eigenvalue weighted by atomic mass is 16.5. The molecule has 2 fully saturated rings. The van der Waals surface area contributed by atoms with Crippen LogP contribution in [0.25, 0.3) is 5.76 Å². The van der Waals surface area contributed by atoms with E-state index in [0.717, 1.165) is 43.4 Å². The van der Waals surface area contributed by atoms with E-state index < -0.39 is 17.7 Å². The molecular weight excluding hydrogens is 458 g/mol. The van der Waals surface area contributed by atoms with Gasteiger partial charge < -0.3 is 24.2 Å². The monoisotopic (exact) mass is 493 g/mol. The fourth-order valence-corrected chi connectivity index (χ4v) is 5.08. The van der Waals surface area contributed by atoms with Crippen LogP contribution in [0.4, 0.5) is 0 Å². The van der Waals surface area contributed by atoms with Gasteiger partial charge in [-0.15, -0.1) is 0 Å². The number of benzene rings is 2. The quantitative estimate of drug-likeness (QED) is 0.262. The molecule has 7 nitrogen and oxygen atoms in total. The minimum absolute atomic E-state index is 0.0422. The second-order valence-electron chi connectivity index (χ2n) is 9.09. The van der Waals surface area contributed by atoms with E-state index in [2.05, 4.69) is 0 Å². The maximum Gasteiger partial charge on any atom is 0.295 e. The van der Waals surface area contributed by atoms with Crippen molar-refractivity contribution in [1.29, 1.82) is 0 Å². The first kappa shape index (κ1) is 25.6. The Labute approximate surface area is 212 Å². The summed E-state index contributed by atoms with van der Waals surface area (Å²) in [6.07, 6.45) is 4.60. The Morgan fingerprint density at radius 1 is 0.917 bits per heavy atom. The smallest absolute Gasteiger partial charge is 0.295 e. The summed E-state index contributed by atoms with van der Waals surface area (Å²) in [6, 6.07) is 11.8. The number of rotatable bonds is 10. The van der Waals surface area contributed by atoms with Crippen molar-refractivity contribution in [2.45, 2.75) is 65.0 Å². The molecule has 2 aliphatic rings. The van der Waals surface area contributed by atoms with Crippen LogP contribution in [0.2, 0.25) is 0 Å². The molecule has 0 bridgehead atoms. The van der Waals surface area contributed by atoms with Gasteiger partial charge in [0.2, 0.25) is 0 Å². The number of amides is 1. The van der Waals surface area contributed by atoms with Crippen molar-refractivity contribution < 1.29 is 28.9 Å². The van der Waals surface area contributed by atoms with Gasteiger partial charge >= 0.3 is 0 Å². The molecule has 1 N–H and O–H groups in total. The SMILES string of the molecule is CCCOc1ccc(C2/C(=C(/O)c3ccc(OCC)cc3OCC)C(=O)C(=O)N2C2CCCC2)cc1. The number of nitrogens with zero attached hydrogens (tertiary/aromatic N) is 1. The van der Waals surface area contributed by atoms with E-state index in [4.69, 9.17) is 14.2 Å². The predicted molar refractivity (Wildman–Crippen MR) is 137 cm³/mol. The van der Waals surface area contributed by atoms with Crippen molar-refractivity contribution in [3.63, 3.8) is 0 Å². The van der Waals surface area contributed by atoms with Gasteiger partial charge in [0, 0.05) is 12.1 Å². The first-order chi connectivity index (χ1) is 17.5. The topological polar surface area (TPSA) is 85.3 Å². The first-order valence-corrected chi connectivity index (χ1v) is 12.9. The van der Waals surface area contributed by atoms with Crippen molar-refractivity contribution in [3.8, 4) is 17.2 Å². The summed E-state index contributed by atoms with van der Waals surface area (Å²) in [7, 11) is 0. The Balaban J connectivity index is 1.83. The van der Waals surface area contributed by atoms with Gasteiger partial charge in [-0.25, -0.2) is 0 Å². The highest BCUT2D eigenvalue weighted by Crippen LogP contribution is 2.45. The van der Waals surface area contributed by atoms with Gasteiger partial charge in [0.15, 0.2) is 0 Å². The van der Waals surface area contributed by atoms with Gasteiger partial charge in [-0.1, -0.05) is 31.9 Å². The van der Waals surface area contributed by atoms with E-state index in [0.29, 0.717) is 36.9 Å². The number of carbonyl (C=O) groups excluding carboxylic acids is 2. The Morgan fingerprint density at radius 3 is 2.22 bits per heavy atom. The molecule has 1 aliphatic heterocycles. The molecule has 2 aromatic carbocycles. The molecule has 4 rings (SSSR count). The summed E-state index contributed by atoms with van der Waals surface area (Å²) in [5, 5.41) is 11.5. The van der Waals surface area contributed by atoms with Crippen LogP contribution in [0.15, 0.2) is 48.0 Å². The number of hydrogen-bond donors (Lipinski definition) is 1. The molecule has 1 saturated carbocycles. The highest BCUT2D eigenvalue weighted by Gasteiger charge is 2.49. The number of ether oxygens (including phenoxy) is 3. The average molecular weight is 494 g/mol. The number of Topliss-reactive ketones (excluding diaryl/α,β-unsaturated/α-hetero) is 1. The van der Waals surface area contributed by atoms with Crippen LogP contribution in [0.5, 0.6) is 17.2 Å². The van der Waals surface area contributed by atoms with Gasteiger partial charge in [-0.2, -0.15) is 0 Å². The van der Waals surface area contributed by atoms with Gasteiger partial charge in [0.25, 0.3) is 11.7 Å². The molecule has 192 valence electrons. The highest BCUT2D eigenvalue weighted by molar-refractivity contribution is 6.46. The zero-order chi connectivity index (χ0) is 25.7. The van der Waals surface area contributed by atoms with E-state index >= 15 is 0 Å². The van der Waals surface area contributed by atoms with Crippen molar-refractivity contribution in [2.75, 3.05) is 19.8 Å². The van der Waals surface area contributed by atoms with E-state index in [9.17, 15) is 14.7 Å². The molecule has 0 spiro atoms. The average Bonchev–Trinajstić information content (AvgIpc) is 3.50. The fraction of sp³-hybridized carbons (Fsp3) is 0.448. The lowest BCUT2D eigenvalue weighted by atomic mass is 9.94. The van der Waals surface area contributed by atoms with Crippen LogP contribution >= 0.6 is 0 Å². The van der Waals surface area contributed by atoms with Gasteiger partial charge in [-0.05, 0) is 62.9 Å². The fourth-order valence-electron chi connectivity index (χ4n) is 5.08. The molecule has 1 atom stereocenters. The van der Waals surface area contributed by atoms with E-state index in [1.165, 1.54) is 0 Å². The summed E-state index contributed by atoms with van der Waals surface area (Å²) < 4.78 is 17.1. The van der Waals surface area contributed by atoms with Crippen molar-refractivity contribution in [2.24, 2.45) is 0 Å². The molecule has 36 heavy (non-hydrogen) atoms. The Hall–Kier alpha value is -3.48. The molecule has 2 aromatic rings. The molecular formula is C29H35NO6. The third-order valence-corrected chi connectivity index (χ3v) is 6.69. The normalized spacial score (nSPS) is 19.6. The summed E-state index contributed by atoms with van der Waals surface area (Å²) in [4.78, 5) is 28.4. The molecule has 0 aromatic heterocycles. The third-order valence-electron chi connectivity index (χ3n) is 6.69. The summed E-state index contributed by atoms with van der Waals surface area (Å²) in [5.41, 5.74) is 1.20. The first-order valence-electron chi connectivity index (χ1n) is 12.9. The van der Waals surface area contributed by atoms with Crippen LogP contribution < -0.4 is 14.2 Å². The van der Waals surface area contributed by atoms with Crippen LogP contribution in [0, 0.1) is 0 Å². The lowest BCUT2D eigenvalue weighted by Crippen LogP contribution is -2.37. The largest absolute Gasteiger partial charge is 0.507 e. The molecule has 1 amide bonds. The summed E-state index contributed by atoms with van der Waals surface area (Å²) >= 11 is 0. The molecule has 1 unspecified atom stereocenters. The second-order valence-corrected chi connectivity index (χ2v) is 9.09. The van der Waals surface area contributed by atoms with Crippen LogP contribution in [0.1, 0.15) is 70.0 Å². The van der Waals surface area contributed by atoms with E-state index in [-0.39, 0.29) is 17.4 Å². The van der Waals surface area contributed by atoms with Crippen molar-refractivity contribution in [3.05, 3.63) is 59.2 Å². The number of aliphatic hydroxyl groups excluding tert-OH is 1. The lowest BCUT2D eigenvalue weighted by molar-refractivity contribution is -0.141. The number of aliphatic hydroxyl groups is 1. The van der Waals surface area contributed by atoms with Crippen molar-refractivity contribution in [1.82, 2.24) is 4.90 Å². The lowest BCUT2D eigenvalue weighted by Gasteiger charge is -2.31. The molecule has 1 saturated heterocycles. The Kier molecular flexibility index (Phi) is 8.18. The zero-order valence-corrected chi connectivity index (χ0v) is 21.3. The maximum atomic E-state index is 13.4. The second kappa shape index (κ2) is 11.5. The molecule has 7 heteroatoms. The number of carbonyl (C=O) groups is 2. The third kappa shape index (κ3) is 5.06. The molecule has 1 heterocycles. The Bertz CT molecular complexity index is 1120. The number of ketones is 1. The summed E-state index contributed by atoms with van der Waals surface area (Å²) in [5.74, 6) is 0.245. The van der Waals surface area contributed by atoms with Gasteiger partial charge in [0.05, 0.1) is 37.0 Å². The van der Waals surface area contributed by atoms with Crippen LogP contribution in [-0.4, -0.2) is 47.6 Å². The Morgan fingerprint density at radius 2 is 1.58 bits per heavy atom. The van der Waals surface area contributed by atoms with Crippen LogP contribution in [-0.2, 0) is 9.59 Å². The number of likely N-dealkylation sites (tertiary alicyclic amines) is 1. The van der Waals surface area contributed by atoms with Crippen LogP contribution in [0.3, 0.4) is 0 Å². The zero-order valence-electron chi connectivity index (χ0n) is 21.3. The van der Waals surface area contributed by atoms with Crippen molar-refractivity contribution >= 4 is 17.4 Å². The van der Waals surface area contributed by atoms with E-state index in [1.807, 2.05) is 45.0 Å².